The maximum absolute atomic E-state index is 13.6. The van der Waals surface area contributed by atoms with Crippen LogP contribution in [0.25, 0.3) is 0 Å². The fraction of sp³-hybridized carbons (Fsp3) is 0.529. The van der Waals surface area contributed by atoms with Gasteiger partial charge in [-0.05, 0) is 32.4 Å². The fourth-order valence-corrected chi connectivity index (χ4v) is 2.48. The van der Waals surface area contributed by atoms with Crippen molar-refractivity contribution in [3.8, 4) is 0 Å². The lowest BCUT2D eigenvalue weighted by molar-refractivity contribution is -0.131. The van der Waals surface area contributed by atoms with Crippen LogP contribution >= 0.6 is 0 Å². The van der Waals surface area contributed by atoms with Crippen molar-refractivity contribution in [1.29, 1.82) is 0 Å². The third-order valence-electron chi connectivity index (χ3n) is 3.70. The van der Waals surface area contributed by atoms with E-state index in [9.17, 15) is 14.0 Å². The van der Waals surface area contributed by atoms with Crippen molar-refractivity contribution >= 4 is 11.9 Å². The van der Waals surface area contributed by atoms with Crippen LogP contribution in [-0.2, 0) is 11.2 Å². The van der Waals surface area contributed by atoms with Crippen LogP contribution < -0.4 is 5.32 Å². The maximum atomic E-state index is 13.6. The smallest absolute Gasteiger partial charge is 0.317 e. The molecule has 5 nitrogen and oxygen atoms in total. The van der Waals surface area contributed by atoms with E-state index >= 15 is 0 Å². The van der Waals surface area contributed by atoms with Gasteiger partial charge in [-0.2, -0.15) is 0 Å². The van der Waals surface area contributed by atoms with Crippen LogP contribution in [0.4, 0.5) is 9.18 Å². The molecule has 23 heavy (non-hydrogen) atoms. The summed E-state index contributed by atoms with van der Waals surface area (Å²) in [7, 11) is 0. The highest BCUT2D eigenvalue weighted by atomic mass is 19.1. The van der Waals surface area contributed by atoms with E-state index in [2.05, 4.69) is 5.32 Å². The van der Waals surface area contributed by atoms with E-state index < -0.39 is 0 Å². The zero-order valence-corrected chi connectivity index (χ0v) is 13.9. The normalized spacial score (nSPS) is 15.5. The van der Waals surface area contributed by atoms with Gasteiger partial charge in [0.2, 0.25) is 5.91 Å². The van der Waals surface area contributed by atoms with Crippen molar-refractivity contribution in [2.24, 2.45) is 0 Å². The highest BCUT2D eigenvalue weighted by Gasteiger charge is 2.26. The number of nitrogens with zero attached hydrogens (tertiary/aromatic N) is 2. The Morgan fingerprint density at radius 3 is 2.22 bits per heavy atom. The first-order valence-corrected chi connectivity index (χ1v) is 7.84. The minimum Gasteiger partial charge on any atom is -0.339 e. The van der Waals surface area contributed by atoms with Gasteiger partial charge >= 0.3 is 6.03 Å². The summed E-state index contributed by atoms with van der Waals surface area (Å²) >= 11 is 0. The van der Waals surface area contributed by atoms with Crippen LogP contribution in [0.15, 0.2) is 24.3 Å². The van der Waals surface area contributed by atoms with Gasteiger partial charge in [0.1, 0.15) is 5.82 Å². The van der Waals surface area contributed by atoms with E-state index in [-0.39, 0.29) is 29.7 Å². The Morgan fingerprint density at radius 1 is 1.09 bits per heavy atom. The number of carbonyl (C=O) groups is 2. The first-order chi connectivity index (χ1) is 10.8. The molecule has 1 fully saturated rings. The van der Waals surface area contributed by atoms with Crippen molar-refractivity contribution in [2.45, 2.75) is 32.7 Å². The molecule has 0 unspecified atom stereocenters. The summed E-state index contributed by atoms with van der Waals surface area (Å²) in [5.41, 5.74) is 0.125. The van der Waals surface area contributed by atoms with E-state index in [0.717, 1.165) is 0 Å². The van der Waals surface area contributed by atoms with Crippen LogP contribution in [0.1, 0.15) is 26.3 Å². The number of carbonyl (C=O) groups excluding carboxylic acids is 2. The van der Waals surface area contributed by atoms with Crippen molar-refractivity contribution in [3.63, 3.8) is 0 Å². The Morgan fingerprint density at radius 2 is 1.65 bits per heavy atom. The topological polar surface area (TPSA) is 52.7 Å². The molecule has 1 aromatic carbocycles. The van der Waals surface area contributed by atoms with Gasteiger partial charge in [0.25, 0.3) is 0 Å². The van der Waals surface area contributed by atoms with Gasteiger partial charge in [-0.15, -0.1) is 0 Å². The molecule has 1 aliphatic rings. The molecule has 0 aliphatic carbocycles. The van der Waals surface area contributed by atoms with Gasteiger partial charge < -0.3 is 15.1 Å². The monoisotopic (exact) mass is 321 g/mol. The molecule has 6 heteroatoms. The molecule has 0 spiro atoms. The minimum absolute atomic E-state index is 0.0564. The lowest BCUT2D eigenvalue weighted by atomic mass is 10.1. The average molecular weight is 321 g/mol. The molecule has 0 aromatic heterocycles. The SMILES string of the molecule is CC(C)(C)NC(=O)N1CCN(C(=O)Cc2ccccc2F)CC1. The molecule has 3 amide bonds. The summed E-state index contributed by atoms with van der Waals surface area (Å²) < 4.78 is 13.6. The van der Waals surface area contributed by atoms with E-state index in [0.29, 0.717) is 31.7 Å². The summed E-state index contributed by atoms with van der Waals surface area (Å²) in [5.74, 6) is -0.463. The summed E-state index contributed by atoms with van der Waals surface area (Å²) in [4.78, 5) is 27.7. The summed E-state index contributed by atoms with van der Waals surface area (Å²) in [6.07, 6.45) is 0.0564. The van der Waals surface area contributed by atoms with E-state index in [1.807, 2.05) is 20.8 Å². The first-order valence-electron chi connectivity index (χ1n) is 7.84. The van der Waals surface area contributed by atoms with Crippen molar-refractivity contribution in [3.05, 3.63) is 35.6 Å². The van der Waals surface area contributed by atoms with Gasteiger partial charge in [-0.25, -0.2) is 9.18 Å². The van der Waals surface area contributed by atoms with Crippen LogP contribution in [0.3, 0.4) is 0 Å². The van der Waals surface area contributed by atoms with Crippen LogP contribution in [0.2, 0.25) is 0 Å². The van der Waals surface area contributed by atoms with E-state index in [4.69, 9.17) is 0 Å². The lowest BCUT2D eigenvalue weighted by Crippen LogP contribution is -2.56. The molecule has 1 heterocycles. The summed E-state index contributed by atoms with van der Waals surface area (Å²) in [6.45, 7) is 7.72. The minimum atomic E-state index is -0.357. The van der Waals surface area contributed by atoms with Gasteiger partial charge in [0.15, 0.2) is 0 Å². The number of nitrogens with one attached hydrogen (secondary N) is 1. The predicted molar refractivity (Wildman–Crippen MR) is 86.5 cm³/mol. The third-order valence-corrected chi connectivity index (χ3v) is 3.70. The molecular weight excluding hydrogens is 297 g/mol. The Bertz CT molecular complexity index is 575. The Labute approximate surface area is 136 Å². The van der Waals surface area contributed by atoms with Crippen molar-refractivity contribution < 1.29 is 14.0 Å². The zero-order chi connectivity index (χ0) is 17.0. The van der Waals surface area contributed by atoms with Crippen LogP contribution in [-0.4, -0.2) is 53.5 Å². The van der Waals surface area contributed by atoms with Gasteiger partial charge in [0, 0.05) is 31.7 Å². The fourth-order valence-electron chi connectivity index (χ4n) is 2.48. The zero-order valence-electron chi connectivity index (χ0n) is 13.9. The first kappa shape index (κ1) is 17.2. The van der Waals surface area contributed by atoms with Crippen molar-refractivity contribution in [2.75, 3.05) is 26.2 Å². The largest absolute Gasteiger partial charge is 0.339 e. The molecule has 126 valence electrons. The molecule has 0 bridgehead atoms. The number of hydrogen-bond acceptors (Lipinski definition) is 2. The van der Waals surface area contributed by atoms with Gasteiger partial charge in [0.05, 0.1) is 6.42 Å². The van der Waals surface area contributed by atoms with Gasteiger partial charge in [-0.1, -0.05) is 18.2 Å². The summed E-state index contributed by atoms with van der Waals surface area (Å²) in [5, 5.41) is 2.91. The van der Waals surface area contributed by atoms with Crippen molar-refractivity contribution in [1.82, 2.24) is 15.1 Å². The molecule has 0 saturated carbocycles. The number of piperazine rings is 1. The molecule has 1 aromatic rings. The number of benzene rings is 1. The molecule has 1 aliphatic heterocycles. The Balaban J connectivity index is 1.85. The molecule has 1 saturated heterocycles. The highest BCUT2D eigenvalue weighted by molar-refractivity contribution is 5.79. The van der Waals surface area contributed by atoms with Crippen LogP contribution in [0.5, 0.6) is 0 Å². The van der Waals surface area contributed by atoms with Crippen LogP contribution in [0, 0.1) is 5.82 Å². The quantitative estimate of drug-likeness (QED) is 0.906. The highest BCUT2D eigenvalue weighted by Crippen LogP contribution is 2.11. The van der Waals surface area contributed by atoms with Gasteiger partial charge in [-0.3, -0.25) is 4.79 Å². The molecule has 0 atom stereocenters. The summed E-state index contributed by atoms with van der Waals surface area (Å²) in [6, 6.07) is 6.20. The molecule has 0 radical (unpaired) electrons. The van der Waals surface area contributed by atoms with E-state index in [1.165, 1.54) is 6.07 Å². The molecule has 1 N–H and O–H groups in total. The average Bonchev–Trinajstić information content (AvgIpc) is 2.48. The predicted octanol–water partition coefficient (Wildman–Crippen LogP) is 2.02. The number of halogens is 1. The molecule has 2 rings (SSSR count). The number of urea groups is 1. The number of hydrogen-bond donors (Lipinski definition) is 1. The van der Waals surface area contributed by atoms with E-state index in [1.54, 1.807) is 28.0 Å². The maximum Gasteiger partial charge on any atom is 0.317 e. The Kier molecular flexibility index (Phi) is 5.23. The third kappa shape index (κ3) is 4.94. The molecular formula is C17H24FN3O2. The second-order valence-corrected chi connectivity index (χ2v) is 6.82. The number of rotatable bonds is 2. The lowest BCUT2D eigenvalue weighted by Gasteiger charge is -2.36. The number of amides is 3. The Hall–Kier alpha value is -2.11. The second kappa shape index (κ2) is 6.98. The second-order valence-electron chi connectivity index (χ2n) is 6.82. The standard InChI is InChI=1S/C17H24FN3O2/c1-17(2,3)19-16(23)21-10-8-20(9-11-21)15(22)12-13-6-4-5-7-14(13)18/h4-7H,8-12H2,1-3H3,(H,19,23).